The minimum absolute atomic E-state index is 0.113. The van der Waals surface area contributed by atoms with Gasteiger partial charge in [0.1, 0.15) is 0 Å². The summed E-state index contributed by atoms with van der Waals surface area (Å²) in [6.07, 6.45) is 0. The summed E-state index contributed by atoms with van der Waals surface area (Å²) < 4.78 is 10.8. The Bertz CT molecular complexity index is 492. The first-order valence-corrected chi connectivity index (χ1v) is 6.82. The van der Waals surface area contributed by atoms with E-state index >= 15 is 0 Å². The smallest absolute Gasteiger partial charge is 0.260 e. The van der Waals surface area contributed by atoms with Gasteiger partial charge in [-0.15, -0.1) is 0 Å². The summed E-state index contributed by atoms with van der Waals surface area (Å²) in [5.41, 5.74) is -0.167. The minimum atomic E-state index is -0.859. The van der Waals surface area contributed by atoms with Crippen molar-refractivity contribution in [3.05, 3.63) is 11.8 Å². The number of anilines is 1. The van der Waals surface area contributed by atoms with Crippen LogP contribution in [-0.2, 0) is 14.9 Å². The monoisotopic (exact) mass is 281 g/mol. The Kier molecular flexibility index (Phi) is 3.88. The fraction of sp³-hybridized carbons (Fsp3) is 0.714. The Morgan fingerprint density at radius 1 is 1.50 bits per heavy atom. The van der Waals surface area contributed by atoms with Crippen molar-refractivity contribution in [2.24, 2.45) is 0 Å². The largest absolute Gasteiger partial charge is 0.363 e. The van der Waals surface area contributed by atoms with E-state index in [1.165, 1.54) is 0 Å². The van der Waals surface area contributed by atoms with Gasteiger partial charge in [-0.05, 0) is 14.0 Å². The van der Waals surface area contributed by atoms with Gasteiger partial charge in [-0.2, -0.15) is 0 Å². The van der Waals surface area contributed by atoms with Crippen LogP contribution in [0.4, 0.5) is 5.88 Å². The van der Waals surface area contributed by atoms with Gasteiger partial charge in [0.05, 0.1) is 12.3 Å². The average molecular weight is 281 g/mol. The van der Waals surface area contributed by atoms with E-state index in [1.807, 2.05) is 27.8 Å². The first kappa shape index (κ1) is 15.0. The molecule has 1 atom stereocenters. The normalized spacial score (nSPS) is 24.6. The molecule has 1 unspecified atom stereocenters. The van der Waals surface area contributed by atoms with Crippen molar-refractivity contribution in [1.82, 2.24) is 10.1 Å². The molecule has 0 radical (unpaired) electrons. The zero-order valence-corrected chi connectivity index (χ0v) is 12.8. The zero-order chi connectivity index (χ0) is 15.0. The second-order valence-electron chi connectivity index (χ2n) is 6.60. The van der Waals surface area contributed by atoms with Crippen molar-refractivity contribution in [2.75, 3.05) is 32.1 Å². The lowest BCUT2D eigenvalue weighted by Gasteiger charge is -2.37. The predicted molar refractivity (Wildman–Crippen MR) is 75.7 cm³/mol. The van der Waals surface area contributed by atoms with Crippen molar-refractivity contribution in [2.45, 2.75) is 38.7 Å². The molecule has 0 saturated carbocycles. The van der Waals surface area contributed by atoms with Gasteiger partial charge in [-0.3, -0.25) is 10.1 Å². The number of nitrogens with zero attached hydrogens (tertiary/aromatic N) is 2. The summed E-state index contributed by atoms with van der Waals surface area (Å²) in [5.74, 6) is 0.152. The number of carbonyl (C=O) groups is 1. The van der Waals surface area contributed by atoms with Gasteiger partial charge < -0.3 is 14.2 Å². The number of carbonyl (C=O) groups excluding carboxylic acids is 1. The number of morpholine rings is 1. The number of hydrogen-bond acceptors (Lipinski definition) is 5. The maximum Gasteiger partial charge on any atom is 0.260 e. The maximum atomic E-state index is 12.3. The van der Waals surface area contributed by atoms with Crippen LogP contribution in [0.1, 0.15) is 33.4 Å². The molecule has 0 bridgehead atoms. The third-order valence-corrected chi connectivity index (χ3v) is 3.46. The zero-order valence-electron chi connectivity index (χ0n) is 12.8. The first-order valence-electron chi connectivity index (χ1n) is 6.82. The molecule has 1 aliphatic heterocycles. The second-order valence-corrected chi connectivity index (χ2v) is 6.60. The fourth-order valence-electron chi connectivity index (χ4n) is 2.14. The molecule has 0 spiro atoms. The van der Waals surface area contributed by atoms with Gasteiger partial charge in [0.15, 0.2) is 5.60 Å². The van der Waals surface area contributed by atoms with Crippen molar-refractivity contribution in [3.8, 4) is 0 Å². The molecule has 1 amide bonds. The third kappa shape index (κ3) is 3.19. The van der Waals surface area contributed by atoms with Gasteiger partial charge in [-0.25, -0.2) is 0 Å². The first-order chi connectivity index (χ1) is 9.21. The number of likely N-dealkylation sites (N-methyl/N-ethyl adjacent to an activating group) is 1. The van der Waals surface area contributed by atoms with Gasteiger partial charge in [-0.1, -0.05) is 25.9 Å². The fourth-order valence-corrected chi connectivity index (χ4v) is 2.14. The van der Waals surface area contributed by atoms with E-state index in [4.69, 9.17) is 9.26 Å². The van der Waals surface area contributed by atoms with E-state index in [1.54, 1.807) is 13.0 Å². The highest BCUT2D eigenvalue weighted by atomic mass is 16.5. The van der Waals surface area contributed by atoms with Crippen molar-refractivity contribution < 1.29 is 14.1 Å². The molecule has 2 rings (SSSR count). The van der Waals surface area contributed by atoms with Crippen LogP contribution in [0.3, 0.4) is 0 Å². The summed E-state index contributed by atoms with van der Waals surface area (Å²) >= 11 is 0. The van der Waals surface area contributed by atoms with Crippen LogP contribution in [0.15, 0.2) is 10.6 Å². The second kappa shape index (κ2) is 5.18. The lowest BCUT2D eigenvalue weighted by molar-refractivity contribution is -0.149. The molecule has 0 aromatic carbocycles. The molecule has 1 N–H and O–H groups in total. The molecule has 112 valence electrons. The molecule has 2 heterocycles. The molecular weight excluding hydrogens is 258 g/mol. The molecule has 1 saturated heterocycles. The van der Waals surface area contributed by atoms with Crippen LogP contribution in [0, 0.1) is 0 Å². The molecule has 20 heavy (non-hydrogen) atoms. The van der Waals surface area contributed by atoms with Crippen molar-refractivity contribution >= 4 is 11.8 Å². The van der Waals surface area contributed by atoms with Crippen LogP contribution >= 0.6 is 0 Å². The van der Waals surface area contributed by atoms with Crippen molar-refractivity contribution in [3.63, 3.8) is 0 Å². The minimum Gasteiger partial charge on any atom is -0.363 e. The molecule has 6 nitrogen and oxygen atoms in total. The summed E-state index contributed by atoms with van der Waals surface area (Å²) in [6, 6.07) is 1.76. The number of hydrogen-bond donors (Lipinski definition) is 1. The number of rotatable bonds is 2. The Morgan fingerprint density at radius 3 is 2.75 bits per heavy atom. The topological polar surface area (TPSA) is 67.6 Å². The maximum absolute atomic E-state index is 12.3. The highest BCUT2D eigenvalue weighted by Gasteiger charge is 2.38. The number of nitrogens with one attached hydrogen (secondary N) is 1. The number of amides is 1. The Balaban J connectivity index is 2.06. The highest BCUT2D eigenvalue weighted by molar-refractivity contribution is 5.96. The molecule has 6 heteroatoms. The van der Waals surface area contributed by atoms with E-state index in [0.29, 0.717) is 19.0 Å². The Morgan fingerprint density at radius 2 is 2.20 bits per heavy atom. The van der Waals surface area contributed by atoms with Crippen LogP contribution in [0.25, 0.3) is 0 Å². The standard InChI is InChI=1S/C14H23N3O3/c1-13(2,3)10-8-11(20-16-10)15-12(18)14(4)9-17(5)6-7-19-14/h8H,6-7,9H2,1-5H3,(H,15,18). The van der Waals surface area contributed by atoms with Gasteiger partial charge in [0, 0.05) is 24.6 Å². The Labute approximate surface area is 119 Å². The number of ether oxygens (including phenoxy) is 1. The summed E-state index contributed by atoms with van der Waals surface area (Å²) in [5, 5.41) is 6.73. The van der Waals surface area contributed by atoms with Gasteiger partial charge >= 0.3 is 0 Å². The summed E-state index contributed by atoms with van der Waals surface area (Å²) in [6.45, 7) is 9.84. The summed E-state index contributed by atoms with van der Waals surface area (Å²) in [4.78, 5) is 14.4. The van der Waals surface area contributed by atoms with Crippen LogP contribution in [0.5, 0.6) is 0 Å². The van der Waals surface area contributed by atoms with Crippen LogP contribution in [-0.4, -0.2) is 48.3 Å². The molecule has 1 aromatic rings. The lowest BCUT2D eigenvalue weighted by Crippen LogP contribution is -2.55. The Hall–Kier alpha value is -1.40. The lowest BCUT2D eigenvalue weighted by atomic mass is 9.92. The van der Waals surface area contributed by atoms with Crippen LogP contribution < -0.4 is 5.32 Å². The molecule has 1 aliphatic rings. The van der Waals surface area contributed by atoms with E-state index in [0.717, 1.165) is 12.2 Å². The molecule has 0 aliphatic carbocycles. The molecule has 1 aromatic heterocycles. The predicted octanol–water partition coefficient (Wildman–Crippen LogP) is 1.63. The number of aromatic nitrogens is 1. The molecular formula is C14H23N3O3. The SMILES string of the molecule is CN1CCOC(C)(C(=O)Nc2cc(C(C)(C)C)no2)C1. The summed E-state index contributed by atoms with van der Waals surface area (Å²) in [7, 11) is 1.97. The van der Waals surface area contributed by atoms with Crippen LogP contribution in [0.2, 0.25) is 0 Å². The highest BCUT2D eigenvalue weighted by Crippen LogP contribution is 2.25. The quantitative estimate of drug-likeness (QED) is 0.892. The molecule has 1 fully saturated rings. The van der Waals surface area contributed by atoms with Crippen molar-refractivity contribution in [1.29, 1.82) is 0 Å². The van der Waals surface area contributed by atoms with E-state index in [-0.39, 0.29) is 11.3 Å². The van der Waals surface area contributed by atoms with Gasteiger partial charge in [0.25, 0.3) is 5.91 Å². The average Bonchev–Trinajstić information content (AvgIpc) is 2.76. The van der Waals surface area contributed by atoms with E-state index in [2.05, 4.69) is 15.4 Å². The third-order valence-electron chi connectivity index (χ3n) is 3.46. The van der Waals surface area contributed by atoms with E-state index in [9.17, 15) is 4.79 Å². The van der Waals surface area contributed by atoms with E-state index < -0.39 is 5.60 Å². The van der Waals surface area contributed by atoms with Gasteiger partial charge in [0.2, 0.25) is 5.88 Å².